The molecule has 0 unspecified atom stereocenters. The predicted octanol–water partition coefficient (Wildman–Crippen LogP) is -2.09. The Hall–Kier alpha value is -8.65. The van der Waals surface area contributed by atoms with Crippen LogP contribution in [-0.2, 0) is 72.0 Å². The molecule has 0 bridgehead atoms. The summed E-state index contributed by atoms with van der Waals surface area (Å²) < 4.78 is 0. The van der Waals surface area contributed by atoms with E-state index in [1.807, 2.05) is 0 Å². The lowest BCUT2D eigenvalue weighted by Gasteiger charge is -2.29. The fourth-order valence-electron chi connectivity index (χ4n) is 8.18. The van der Waals surface area contributed by atoms with Gasteiger partial charge in [-0.25, -0.2) is 4.79 Å². The number of benzene rings is 3. The molecule has 0 aliphatic heterocycles. The van der Waals surface area contributed by atoms with E-state index in [1.54, 1.807) is 71.9 Å². The molecule has 0 saturated carbocycles. The molecule has 81 heavy (non-hydrogen) atoms. The monoisotopic (exact) mass is 1130 g/mol. The lowest BCUT2D eigenvalue weighted by atomic mass is 9.96. The number of hydrogen-bond acceptors (Lipinski definition) is 15. The van der Waals surface area contributed by atoms with Gasteiger partial charge in [0.1, 0.15) is 59.8 Å². The predicted molar refractivity (Wildman–Crippen MR) is 293 cm³/mol. The molecule has 0 heterocycles. The summed E-state index contributed by atoms with van der Waals surface area (Å²) >= 11 is 0. The van der Waals surface area contributed by atoms with Gasteiger partial charge in [-0.05, 0) is 65.1 Å². The van der Waals surface area contributed by atoms with Gasteiger partial charge in [0.15, 0.2) is 0 Å². The summed E-state index contributed by atoms with van der Waals surface area (Å²) in [6, 6.07) is 5.75. The Morgan fingerprint density at radius 1 is 0.457 bits per heavy atom. The largest absolute Gasteiger partial charge is 0.508 e. The molecule has 0 fully saturated rings. The molecule has 0 aliphatic carbocycles. The summed E-state index contributed by atoms with van der Waals surface area (Å²) in [4.78, 5) is 148. The lowest BCUT2D eigenvalue weighted by molar-refractivity contribution is -0.143. The molecule has 26 heteroatoms. The van der Waals surface area contributed by atoms with Crippen LogP contribution < -0.4 is 59.7 Å². The summed E-state index contributed by atoms with van der Waals surface area (Å²) in [6.45, 7) is 8.92. The number of nitrogens with one attached hydrogen (secondary N) is 8. The third-order valence-electron chi connectivity index (χ3n) is 12.9. The molecular weight excluding hydrogens is 1050 g/mol. The van der Waals surface area contributed by atoms with Gasteiger partial charge in [-0.1, -0.05) is 103 Å². The maximum Gasteiger partial charge on any atom is 0.326 e. The lowest BCUT2D eigenvalue weighted by Crippen LogP contribution is -2.62. The summed E-state index contributed by atoms with van der Waals surface area (Å²) in [5.74, 6) is -12.9. The quantitative estimate of drug-likeness (QED) is 0.0311. The molecule has 0 spiro atoms. The number of hydrogen-bond donors (Lipinski definition) is 15. The van der Waals surface area contributed by atoms with E-state index in [-0.39, 0.29) is 49.5 Å². The third-order valence-corrected chi connectivity index (χ3v) is 12.9. The number of primary amides is 2. The second-order valence-corrected chi connectivity index (χ2v) is 20.5. The average Bonchev–Trinajstić information content (AvgIpc) is 3.43. The Morgan fingerprint density at radius 3 is 1.25 bits per heavy atom. The fourth-order valence-corrected chi connectivity index (χ4v) is 8.18. The number of aliphatic hydroxyl groups excluding tert-OH is 1. The van der Waals surface area contributed by atoms with E-state index in [2.05, 4.69) is 42.5 Å². The summed E-state index contributed by atoms with van der Waals surface area (Å²) in [6.07, 6.45) is -1.87. The maximum atomic E-state index is 14.5. The second kappa shape index (κ2) is 32.4. The van der Waals surface area contributed by atoms with Crippen LogP contribution >= 0.6 is 0 Å². The Labute approximate surface area is 468 Å². The number of nitrogens with two attached hydrogens (primary N) is 3. The molecule has 18 N–H and O–H groups in total. The van der Waals surface area contributed by atoms with Gasteiger partial charge in [-0.3, -0.25) is 47.9 Å². The van der Waals surface area contributed by atoms with Gasteiger partial charge in [0.25, 0.3) is 0 Å². The molecular formula is C55H77N11O15. The van der Waals surface area contributed by atoms with Gasteiger partial charge in [0, 0.05) is 19.3 Å². The van der Waals surface area contributed by atoms with Crippen molar-refractivity contribution >= 4 is 65.0 Å². The van der Waals surface area contributed by atoms with Gasteiger partial charge < -0.3 is 80.2 Å². The van der Waals surface area contributed by atoms with Crippen LogP contribution in [0.25, 0.3) is 0 Å². The van der Waals surface area contributed by atoms with E-state index in [0.29, 0.717) is 16.7 Å². The third kappa shape index (κ3) is 22.6. The summed E-state index contributed by atoms with van der Waals surface area (Å²) in [5.41, 5.74) is 17.8. The Balaban J connectivity index is 1.99. The molecule has 26 nitrogen and oxygen atoms in total. The van der Waals surface area contributed by atoms with Crippen LogP contribution in [0.4, 0.5) is 0 Å². The minimum absolute atomic E-state index is 0.0347. The number of amides is 10. The Morgan fingerprint density at radius 2 is 0.827 bits per heavy atom. The zero-order chi connectivity index (χ0) is 60.7. The van der Waals surface area contributed by atoms with Crippen molar-refractivity contribution in [3.63, 3.8) is 0 Å². The van der Waals surface area contributed by atoms with Crippen LogP contribution in [-0.4, -0.2) is 146 Å². The van der Waals surface area contributed by atoms with Crippen LogP contribution in [0.3, 0.4) is 0 Å². The first-order chi connectivity index (χ1) is 38.1. The number of phenolic OH excluding ortho intramolecular Hbond substituents is 2. The minimum atomic E-state index is -1.85. The number of carbonyl (C=O) groups excluding carboxylic acids is 10. The number of rotatable bonds is 33. The number of carboxylic acids is 1. The van der Waals surface area contributed by atoms with E-state index in [1.165, 1.54) is 48.5 Å². The summed E-state index contributed by atoms with van der Waals surface area (Å²) in [5, 5.41) is 60.1. The van der Waals surface area contributed by atoms with Crippen molar-refractivity contribution in [2.75, 3.05) is 6.61 Å². The normalized spacial score (nSPS) is 14.8. The van der Waals surface area contributed by atoms with Crippen LogP contribution in [0.5, 0.6) is 11.5 Å². The molecule has 10 atom stereocenters. The van der Waals surface area contributed by atoms with Crippen molar-refractivity contribution < 1.29 is 73.2 Å². The smallest absolute Gasteiger partial charge is 0.326 e. The van der Waals surface area contributed by atoms with Crippen LogP contribution in [0.15, 0.2) is 78.9 Å². The molecule has 3 aromatic carbocycles. The first-order valence-corrected chi connectivity index (χ1v) is 26.3. The number of phenols is 2. The van der Waals surface area contributed by atoms with Gasteiger partial charge >= 0.3 is 5.97 Å². The Bertz CT molecular complexity index is 2660. The first-order valence-electron chi connectivity index (χ1n) is 26.3. The minimum Gasteiger partial charge on any atom is -0.508 e. The first kappa shape index (κ1) is 66.6. The van der Waals surface area contributed by atoms with Crippen LogP contribution in [0, 0.1) is 17.8 Å². The number of aromatic hydroxyl groups is 2. The zero-order valence-electron chi connectivity index (χ0n) is 46.1. The maximum absolute atomic E-state index is 14.5. The molecule has 0 radical (unpaired) electrons. The highest BCUT2D eigenvalue weighted by Gasteiger charge is 2.37. The van der Waals surface area contributed by atoms with E-state index in [4.69, 9.17) is 17.2 Å². The fraction of sp³-hybridized carbons (Fsp3) is 0.473. The molecule has 10 amide bonds. The molecule has 0 aliphatic rings. The summed E-state index contributed by atoms with van der Waals surface area (Å²) in [7, 11) is 0. The Kier molecular flexibility index (Phi) is 26.7. The molecule has 0 aromatic heterocycles. The highest BCUT2D eigenvalue weighted by molar-refractivity contribution is 5.99. The van der Waals surface area contributed by atoms with Crippen molar-refractivity contribution in [1.29, 1.82) is 0 Å². The molecule has 3 aromatic rings. The SMILES string of the molecule is CC[C@H](C)[C@H](NC(=O)[C@H](CO)NC(=O)[C@H](CC(C)C)NC(=O)[C@@H](N)CC(N)=O)C(=O)N[C@@H](Cc1ccc(O)cc1)C(=O)N[C@@H](CC(N)=O)C(=O)N[C@@H](Cc1ccc(O)cc1)C(=O)N[C@@H](Cc1ccccc1)C(=O)N[C@H](C(=O)O)C(C)C. The van der Waals surface area contributed by atoms with Crippen molar-refractivity contribution in [3.05, 3.63) is 95.6 Å². The zero-order valence-corrected chi connectivity index (χ0v) is 46.1. The van der Waals surface area contributed by atoms with Crippen LogP contribution in [0.1, 0.15) is 83.9 Å². The number of carbonyl (C=O) groups is 11. The van der Waals surface area contributed by atoms with Crippen molar-refractivity contribution in [2.24, 2.45) is 35.0 Å². The number of aliphatic carboxylic acids is 1. The van der Waals surface area contributed by atoms with Crippen molar-refractivity contribution in [3.8, 4) is 11.5 Å². The van der Waals surface area contributed by atoms with Crippen molar-refractivity contribution in [2.45, 2.75) is 141 Å². The van der Waals surface area contributed by atoms with Crippen molar-refractivity contribution in [1.82, 2.24) is 42.5 Å². The molecule has 442 valence electrons. The topological polar surface area (TPSA) is 443 Å². The van der Waals surface area contributed by atoms with E-state index < -0.39 is 151 Å². The molecule has 0 saturated heterocycles. The van der Waals surface area contributed by atoms with Gasteiger partial charge in [-0.15, -0.1) is 0 Å². The highest BCUT2D eigenvalue weighted by atomic mass is 16.4. The van der Waals surface area contributed by atoms with E-state index in [9.17, 15) is 73.2 Å². The van der Waals surface area contributed by atoms with Crippen LogP contribution in [0.2, 0.25) is 0 Å². The van der Waals surface area contributed by atoms with E-state index >= 15 is 0 Å². The average molecular weight is 1130 g/mol. The highest BCUT2D eigenvalue weighted by Crippen LogP contribution is 2.16. The molecule has 3 rings (SSSR count). The van der Waals surface area contributed by atoms with Gasteiger partial charge in [0.2, 0.25) is 59.1 Å². The number of aliphatic hydroxyl groups is 1. The second-order valence-electron chi connectivity index (χ2n) is 20.5. The van der Waals surface area contributed by atoms with Gasteiger partial charge in [-0.2, -0.15) is 0 Å². The van der Waals surface area contributed by atoms with Gasteiger partial charge in [0.05, 0.1) is 25.5 Å². The number of carboxylic acid groups (broad SMARTS) is 1. The van der Waals surface area contributed by atoms with E-state index in [0.717, 1.165) is 0 Å². The standard InChI is InChI=1S/C55H77N11O15/c1-7-30(6)46(66-53(78)42(27-67)64-48(73)37(21-28(2)3)59-47(72)36(56)25-43(57)70)54(79)63-39(24-33-15-19-35(69)20-16-33)50(75)62-41(26-44(58)71)51(76)60-38(23-32-13-17-34(68)18-14-32)49(74)61-40(22-31-11-9-8-10-12-31)52(77)65-45(29(4)5)55(80)81/h8-20,28-30,36-42,45-46,67-69H,7,21-27,56H2,1-6H3,(H2,57,70)(H2,58,71)(H,59,72)(H,60,76)(H,61,74)(H,62,75)(H,63,79)(H,64,73)(H,65,77)(H,66,78)(H,80,81)/t30-,36-,37-,38-,39-,40-,41-,42-,45-,46-/m0/s1.